The normalized spacial score (nSPS) is 14.7. The molecule has 0 atom stereocenters. The smallest absolute Gasteiger partial charge is 0.259 e. The summed E-state index contributed by atoms with van der Waals surface area (Å²) in [5, 5.41) is 12.2. The van der Waals surface area contributed by atoms with Crippen LogP contribution in [0.1, 0.15) is 42.5 Å². The molecule has 0 unspecified atom stereocenters. The maximum absolute atomic E-state index is 12.4. The van der Waals surface area contributed by atoms with E-state index in [0.29, 0.717) is 16.6 Å². The van der Waals surface area contributed by atoms with Gasteiger partial charge in [0.25, 0.3) is 5.91 Å². The van der Waals surface area contributed by atoms with Crippen LogP contribution in [-0.2, 0) is 0 Å². The van der Waals surface area contributed by atoms with Crippen molar-refractivity contribution in [2.24, 2.45) is 0 Å². The summed E-state index contributed by atoms with van der Waals surface area (Å²) in [4.78, 5) is 16.7. The predicted octanol–water partition coefficient (Wildman–Crippen LogP) is 4.56. The topological polar surface area (TPSA) is 77.0 Å². The van der Waals surface area contributed by atoms with E-state index < -0.39 is 0 Å². The fraction of sp³-hybridized carbons (Fsp3) is 0.300. The van der Waals surface area contributed by atoms with Gasteiger partial charge in [-0.25, -0.2) is 4.98 Å². The molecule has 1 N–H and O–H groups in total. The number of carbonyl (C=O) groups is 1. The van der Waals surface area contributed by atoms with Gasteiger partial charge in [0, 0.05) is 17.8 Å². The highest BCUT2D eigenvalue weighted by Gasteiger charge is 2.16. The summed E-state index contributed by atoms with van der Waals surface area (Å²) in [6.07, 6.45) is 7.62. The zero-order chi connectivity index (χ0) is 18.5. The third-order valence-electron chi connectivity index (χ3n) is 4.50. The van der Waals surface area contributed by atoms with Gasteiger partial charge in [0.2, 0.25) is 11.0 Å². The standard InChI is InChI=1S/C20H20N4O2S/c25-18(22-20-24-23-19(27-20)14-7-3-1-4-8-14)15-11-12-17(21-13-15)26-16-9-5-2-6-10-16/h1,3-4,7-8,11-13,16H,2,5-6,9-10H2,(H,22,24,25). The fourth-order valence-electron chi connectivity index (χ4n) is 3.08. The van der Waals surface area contributed by atoms with E-state index in [9.17, 15) is 4.79 Å². The Balaban J connectivity index is 1.37. The molecule has 1 saturated carbocycles. The summed E-state index contributed by atoms with van der Waals surface area (Å²) in [6.45, 7) is 0. The van der Waals surface area contributed by atoms with Crippen LogP contribution in [0.5, 0.6) is 5.88 Å². The Morgan fingerprint density at radius 2 is 1.85 bits per heavy atom. The van der Waals surface area contributed by atoms with Crippen LogP contribution in [0.25, 0.3) is 10.6 Å². The number of amides is 1. The minimum Gasteiger partial charge on any atom is -0.474 e. The van der Waals surface area contributed by atoms with Crippen LogP contribution >= 0.6 is 11.3 Å². The summed E-state index contributed by atoms with van der Waals surface area (Å²) in [7, 11) is 0. The van der Waals surface area contributed by atoms with Crippen LogP contribution in [0, 0.1) is 0 Å². The highest BCUT2D eigenvalue weighted by molar-refractivity contribution is 7.18. The van der Waals surface area contributed by atoms with Crippen molar-refractivity contribution >= 4 is 22.4 Å². The molecular formula is C20H20N4O2S. The molecule has 27 heavy (non-hydrogen) atoms. The Bertz CT molecular complexity index is 890. The molecule has 0 radical (unpaired) electrons. The van der Waals surface area contributed by atoms with Crippen molar-refractivity contribution in [3.05, 3.63) is 54.2 Å². The molecule has 1 fully saturated rings. The first-order valence-corrected chi connectivity index (χ1v) is 9.92. The average molecular weight is 380 g/mol. The fourth-order valence-corrected chi connectivity index (χ4v) is 3.82. The molecule has 6 nitrogen and oxygen atoms in total. The summed E-state index contributed by atoms with van der Waals surface area (Å²) in [5.74, 6) is 0.309. The molecule has 0 bridgehead atoms. The van der Waals surface area contributed by atoms with Crippen LogP contribution in [0.2, 0.25) is 0 Å². The highest BCUT2D eigenvalue weighted by atomic mass is 32.1. The van der Waals surface area contributed by atoms with Crippen LogP contribution < -0.4 is 10.1 Å². The molecule has 4 rings (SSSR count). The van der Waals surface area contributed by atoms with Gasteiger partial charge in [-0.15, -0.1) is 10.2 Å². The minimum absolute atomic E-state index is 0.240. The van der Waals surface area contributed by atoms with Crippen molar-refractivity contribution in [2.45, 2.75) is 38.2 Å². The molecule has 1 amide bonds. The zero-order valence-electron chi connectivity index (χ0n) is 14.8. The maximum atomic E-state index is 12.4. The van der Waals surface area contributed by atoms with E-state index in [0.717, 1.165) is 23.4 Å². The van der Waals surface area contributed by atoms with Crippen molar-refractivity contribution in [2.75, 3.05) is 5.32 Å². The molecular weight excluding hydrogens is 360 g/mol. The van der Waals surface area contributed by atoms with Gasteiger partial charge in [-0.1, -0.05) is 48.1 Å². The number of pyridine rings is 1. The molecule has 2 heterocycles. The number of carbonyl (C=O) groups excluding carboxylic acids is 1. The second kappa shape index (κ2) is 8.26. The first-order chi connectivity index (χ1) is 13.3. The average Bonchev–Trinajstić information content (AvgIpc) is 3.18. The van der Waals surface area contributed by atoms with Gasteiger partial charge in [0.05, 0.1) is 5.56 Å². The summed E-state index contributed by atoms with van der Waals surface area (Å²) >= 11 is 1.34. The molecule has 1 aliphatic rings. The van der Waals surface area contributed by atoms with E-state index in [1.807, 2.05) is 30.3 Å². The maximum Gasteiger partial charge on any atom is 0.259 e. The predicted molar refractivity (Wildman–Crippen MR) is 105 cm³/mol. The summed E-state index contributed by atoms with van der Waals surface area (Å²) < 4.78 is 5.90. The van der Waals surface area contributed by atoms with Crippen LogP contribution in [-0.4, -0.2) is 27.2 Å². The molecule has 7 heteroatoms. The minimum atomic E-state index is -0.262. The van der Waals surface area contributed by atoms with Crippen molar-refractivity contribution in [3.8, 4) is 16.5 Å². The van der Waals surface area contributed by atoms with Gasteiger partial charge >= 0.3 is 0 Å². The number of nitrogens with zero attached hydrogens (tertiary/aromatic N) is 3. The molecule has 1 aliphatic carbocycles. The number of hydrogen-bond acceptors (Lipinski definition) is 6. The first kappa shape index (κ1) is 17.6. The Morgan fingerprint density at radius 1 is 1.04 bits per heavy atom. The Kier molecular flexibility index (Phi) is 5.39. The van der Waals surface area contributed by atoms with Crippen molar-refractivity contribution < 1.29 is 9.53 Å². The molecule has 0 aliphatic heterocycles. The second-order valence-corrected chi connectivity index (χ2v) is 7.47. The molecule has 3 aromatic rings. The van der Waals surface area contributed by atoms with E-state index in [1.165, 1.54) is 36.8 Å². The number of anilines is 1. The third kappa shape index (κ3) is 4.49. The monoisotopic (exact) mass is 380 g/mol. The number of nitrogens with one attached hydrogen (secondary N) is 1. The lowest BCUT2D eigenvalue weighted by molar-refractivity contribution is 0.102. The van der Waals surface area contributed by atoms with Gasteiger partial charge < -0.3 is 4.74 Å². The van der Waals surface area contributed by atoms with Gasteiger partial charge in [0.15, 0.2) is 0 Å². The lowest BCUT2D eigenvalue weighted by Gasteiger charge is -2.22. The Hall–Kier alpha value is -2.80. The van der Waals surface area contributed by atoms with Crippen molar-refractivity contribution in [1.82, 2.24) is 15.2 Å². The largest absolute Gasteiger partial charge is 0.474 e. The Labute approximate surface area is 161 Å². The molecule has 0 saturated heterocycles. The third-order valence-corrected chi connectivity index (χ3v) is 5.39. The van der Waals surface area contributed by atoms with E-state index >= 15 is 0 Å². The molecule has 2 aromatic heterocycles. The van der Waals surface area contributed by atoms with E-state index in [2.05, 4.69) is 20.5 Å². The number of rotatable bonds is 5. The zero-order valence-corrected chi connectivity index (χ0v) is 15.6. The van der Waals surface area contributed by atoms with Crippen molar-refractivity contribution in [3.63, 3.8) is 0 Å². The Morgan fingerprint density at radius 3 is 2.59 bits per heavy atom. The summed E-state index contributed by atoms with van der Waals surface area (Å²) in [6, 6.07) is 13.2. The first-order valence-electron chi connectivity index (χ1n) is 9.11. The number of hydrogen-bond donors (Lipinski definition) is 1. The molecule has 1 aromatic carbocycles. The van der Waals surface area contributed by atoms with E-state index in [1.54, 1.807) is 12.1 Å². The van der Waals surface area contributed by atoms with Crippen LogP contribution in [0.4, 0.5) is 5.13 Å². The number of ether oxygens (including phenoxy) is 1. The highest BCUT2D eigenvalue weighted by Crippen LogP contribution is 2.26. The van der Waals surface area contributed by atoms with Crippen LogP contribution in [0.3, 0.4) is 0 Å². The lowest BCUT2D eigenvalue weighted by atomic mass is 9.98. The summed E-state index contributed by atoms with van der Waals surface area (Å²) in [5.41, 5.74) is 1.43. The molecule has 138 valence electrons. The van der Waals surface area contributed by atoms with E-state index in [-0.39, 0.29) is 12.0 Å². The van der Waals surface area contributed by atoms with E-state index in [4.69, 9.17) is 4.74 Å². The SMILES string of the molecule is O=C(Nc1nnc(-c2ccccc2)s1)c1ccc(OC2CCCCC2)nc1. The number of benzene rings is 1. The van der Waals surface area contributed by atoms with Gasteiger partial charge in [-0.05, 0) is 31.7 Å². The number of aromatic nitrogens is 3. The molecule has 0 spiro atoms. The van der Waals surface area contributed by atoms with Crippen LogP contribution in [0.15, 0.2) is 48.7 Å². The second-order valence-electron chi connectivity index (χ2n) is 6.50. The van der Waals surface area contributed by atoms with Gasteiger partial charge in [-0.3, -0.25) is 10.1 Å². The van der Waals surface area contributed by atoms with Crippen molar-refractivity contribution in [1.29, 1.82) is 0 Å². The van der Waals surface area contributed by atoms with Gasteiger partial charge in [0.1, 0.15) is 11.1 Å². The quantitative estimate of drug-likeness (QED) is 0.702. The lowest BCUT2D eigenvalue weighted by Crippen LogP contribution is -2.20. The van der Waals surface area contributed by atoms with Gasteiger partial charge in [-0.2, -0.15) is 0 Å².